The largest absolute Gasteiger partial charge is 0.372 e. The zero-order valence-corrected chi connectivity index (χ0v) is 13.1. The van der Waals surface area contributed by atoms with Gasteiger partial charge in [-0.05, 0) is 28.8 Å². The van der Waals surface area contributed by atoms with Crippen LogP contribution in [0.25, 0.3) is 22.0 Å². The maximum atomic E-state index is 11.2. The number of hydrogen-bond acceptors (Lipinski definition) is 5. The standard InChI is InChI=1S/C18H18N4O/c1-11(10-23)13-5-3-4-6-14(13)12-7-8-15-16(9-12)21-18(19)22-17(15)20-2/h3-11H,1-2H3,(H3,19,20,21,22). The van der Waals surface area contributed by atoms with E-state index >= 15 is 0 Å². The Kier molecular flexibility index (Phi) is 3.93. The highest BCUT2D eigenvalue weighted by Gasteiger charge is 2.12. The van der Waals surface area contributed by atoms with E-state index < -0.39 is 0 Å². The van der Waals surface area contributed by atoms with Crippen LogP contribution in [0.1, 0.15) is 18.4 Å². The van der Waals surface area contributed by atoms with Crippen molar-refractivity contribution in [2.75, 3.05) is 18.1 Å². The average Bonchev–Trinajstić information content (AvgIpc) is 2.59. The van der Waals surface area contributed by atoms with Gasteiger partial charge in [-0.2, -0.15) is 4.98 Å². The van der Waals surface area contributed by atoms with Gasteiger partial charge < -0.3 is 15.8 Å². The number of nitrogens with two attached hydrogens (primary N) is 1. The lowest BCUT2D eigenvalue weighted by Crippen LogP contribution is -2.01. The molecule has 3 N–H and O–H groups in total. The molecule has 0 fully saturated rings. The Morgan fingerprint density at radius 1 is 1.17 bits per heavy atom. The fourth-order valence-electron chi connectivity index (χ4n) is 2.74. The Morgan fingerprint density at radius 3 is 2.70 bits per heavy atom. The van der Waals surface area contributed by atoms with E-state index in [1.165, 1.54) is 0 Å². The van der Waals surface area contributed by atoms with Crippen LogP contribution in [0.3, 0.4) is 0 Å². The first-order valence-electron chi connectivity index (χ1n) is 7.43. The van der Waals surface area contributed by atoms with Crippen molar-refractivity contribution in [2.45, 2.75) is 12.8 Å². The third kappa shape index (κ3) is 2.73. The van der Waals surface area contributed by atoms with Crippen molar-refractivity contribution in [1.82, 2.24) is 9.97 Å². The van der Waals surface area contributed by atoms with Gasteiger partial charge in [0.15, 0.2) is 0 Å². The number of aromatic nitrogens is 2. The minimum Gasteiger partial charge on any atom is -0.372 e. The van der Waals surface area contributed by atoms with Crippen LogP contribution < -0.4 is 11.1 Å². The summed E-state index contributed by atoms with van der Waals surface area (Å²) in [4.78, 5) is 19.7. The van der Waals surface area contributed by atoms with Crippen LogP contribution >= 0.6 is 0 Å². The molecule has 0 aliphatic carbocycles. The Hall–Kier alpha value is -2.95. The van der Waals surface area contributed by atoms with E-state index in [9.17, 15) is 4.79 Å². The summed E-state index contributed by atoms with van der Waals surface area (Å²) in [5.74, 6) is 0.771. The van der Waals surface area contributed by atoms with Crippen molar-refractivity contribution in [3.05, 3.63) is 48.0 Å². The SMILES string of the molecule is CNc1nc(N)nc2cc(-c3ccccc3C(C)C=O)ccc12. The summed E-state index contributed by atoms with van der Waals surface area (Å²) in [6, 6.07) is 13.9. The predicted molar refractivity (Wildman–Crippen MR) is 93.4 cm³/mol. The van der Waals surface area contributed by atoms with E-state index in [0.717, 1.165) is 33.9 Å². The molecule has 1 heterocycles. The first-order valence-corrected chi connectivity index (χ1v) is 7.43. The van der Waals surface area contributed by atoms with Gasteiger partial charge in [0.1, 0.15) is 12.1 Å². The summed E-state index contributed by atoms with van der Waals surface area (Å²) >= 11 is 0. The molecule has 1 aromatic heterocycles. The number of fused-ring (bicyclic) bond motifs is 1. The first kappa shape index (κ1) is 15.0. The molecule has 5 nitrogen and oxygen atoms in total. The molecule has 0 aliphatic heterocycles. The van der Waals surface area contributed by atoms with E-state index in [4.69, 9.17) is 5.73 Å². The number of nitrogens with zero attached hydrogens (tertiary/aromatic N) is 2. The quantitative estimate of drug-likeness (QED) is 0.723. The molecule has 3 aromatic rings. The van der Waals surface area contributed by atoms with Crippen LogP contribution in [-0.4, -0.2) is 23.3 Å². The summed E-state index contributed by atoms with van der Waals surface area (Å²) in [6.45, 7) is 1.89. The molecule has 0 aliphatic rings. The Bertz CT molecular complexity index is 876. The van der Waals surface area contributed by atoms with Crippen molar-refractivity contribution in [1.29, 1.82) is 0 Å². The van der Waals surface area contributed by atoms with Gasteiger partial charge in [0, 0.05) is 18.4 Å². The van der Waals surface area contributed by atoms with E-state index in [1.807, 2.05) is 49.4 Å². The normalized spacial score (nSPS) is 12.1. The van der Waals surface area contributed by atoms with Crippen LogP contribution in [0, 0.1) is 0 Å². The van der Waals surface area contributed by atoms with Gasteiger partial charge in [-0.15, -0.1) is 0 Å². The number of nitrogen functional groups attached to an aromatic ring is 1. The highest BCUT2D eigenvalue weighted by atomic mass is 16.1. The molecule has 2 aromatic carbocycles. The summed E-state index contributed by atoms with van der Waals surface area (Å²) in [5.41, 5.74) is 9.58. The Morgan fingerprint density at radius 2 is 1.96 bits per heavy atom. The van der Waals surface area contributed by atoms with E-state index in [0.29, 0.717) is 5.82 Å². The molecule has 1 atom stereocenters. The van der Waals surface area contributed by atoms with Gasteiger partial charge in [-0.25, -0.2) is 4.98 Å². The minimum absolute atomic E-state index is 0.162. The van der Waals surface area contributed by atoms with Gasteiger partial charge in [0.25, 0.3) is 0 Å². The van der Waals surface area contributed by atoms with Gasteiger partial charge >= 0.3 is 0 Å². The van der Waals surface area contributed by atoms with Crippen molar-refractivity contribution in [2.24, 2.45) is 0 Å². The first-order chi connectivity index (χ1) is 11.1. The molecule has 0 saturated carbocycles. The highest BCUT2D eigenvalue weighted by molar-refractivity contribution is 5.93. The average molecular weight is 306 g/mol. The fraction of sp³-hybridized carbons (Fsp3) is 0.167. The second-order valence-corrected chi connectivity index (χ2v) is 5.42. The van der Waals surface area contributed by atoms with Gasteiger partial charge in [-0.1, -0.05) is 37.3 Å². The zero-order chi connectivity index (χ0) is 16.4. The van der Waals surface area contributed by atoms with Crippen molar-refractivity contribution in [3.8, 4) is 11.1 Å². The number of carbonyl (C=O) groups is 1. The lowest BCUT2D eigenvalue weighted by Gasteiger charge is -2.13. The smallest absolute Gasteiger partial charge is 0.222 e. The lowest BCUT2D eigenvalue weighted by atomic mass is 9.92. The maximum absolute atomic E-state index is 11.2. The lowest BCUT2D eigenvalue weighted by molar-refractivity contribution is -0.108. The summed E-state index contributed by atoms with van der Waals surface area (Å²) in [6.07, 6.45) is 0.957. The van der Waals surface area contributed by atoms with Crippen LogP contribution in [0.5, 0.6) is 0 Å². The van der Waals surface area contributed by atoms with E-state index in [2.05, 4.69) is 15.3 Å². The van der Waals surface area contributed by atoms with Crippen molar-refractivity contribution in [3.63, 3.8) is 0 Å². The third-order valence-corrected chi connectivity index (χ3v) is 3.92. The summed E-state index contributed by atoms with van der Waals surface area (Å²) in [7, 11) is 1.80. The fourth-order valence-corrected chi connectivity index (χ4v) is 2.74. The van der Waals surface area contributed by atoms with Gasteiger partial charge in [0.2, 0.25) is 5.95 Å². The maximum Gasteiger partial charge on any atom is 0.222 e. The van der Waals surface area contributed by atoms with E-state index in [-0.39, 0.29) is 11.9 Å². The van der Waals surface area contributed by atoms with Crippen LogP contribution in [0.15, 0.2) is 42.5 Å². The third-order valence-electron chi connectivity index (χ3n) is 3.92. The van der Waals surface area contributed by atoms with Gasteiger partial charge in [0.05, 0.1) is 5.52 Å². The molecule has 1 unspecified atom stereocenters. The molecule has 0 bridgehead atoms. The molecule has 5 heteroatoms. The molecule has 3 rings (SSSR count). The number of benzene rings is 2. The second-order valence-electron chi connectivity index (χ2n) is 5.42. The molecular weight excluding hydrogens is 288 g/mol. The number of rotatable bonds is 4. The Labute approximate surface area is 134 Å². The van der Waals surface area contributed by atoms with Crippen LogP contribution in [0.2, 0.25) is 0 Å². The Balaban J connectivity index is 2.21. The molecule has 116 valence electrons. The number of hydrogen-bond donors (Lipinski definition) is 2. The number of nitrogens with one attached hydrogen (secondary N) is 1. The highest BCUT2D eigenvalue weighted by Crippen LogP contribution is 2.31. The molecule has 0 spiro atoms. The minimum atomic E-state index is -0.162. The summed E-state index contributed by atoms with van der Waals surface area (Å²) in [5, 5.41) is 3.94. The zero-order valence-electron chi connectivity index (χ0n) is 13.1. The molecule has 0 amide bonds. The number of anilines is 2. The van der Waals surface area contributed by atoms with Crippen LogP contribution in [0.4, 0.5) is 11.8 Å². The monoisotopic (exact) mass is 306 g/mol. The van der Waals surface area contributed by atoms with Crippen LogP contribution in [-0.2, 0) is 4.79 Å². The van der Waals surface area contributed by atoms with E-state index in [1.54, 1.807) is 7.05 Å². The van der Waals surface area contributed by atoms with Crippen molar-refractivity contribution >= 4 is 29.0 Å². The summed E-state index contributed by atoms with van der Waals surface area (Å²) < 4.78 is 0. The number of carbonyl (C=O) groups excluding carboxylic acids is 1. The topological polar surface area (TPSA) is 80.9 Å². The predicted octanol–water partition coefficient (Wildman–Crippen LogP) is 3.22. The molecular formula is C18H18N4O. The molecule has 0 radical (unpaired) electrons. The van der Waals surface area contributed by atoms with Crippen molar-refractivity contribution < 1.29 is 4.79 Å². The second kappa shape index (κ2) is 6.04. The molecule has 23 heavy (non-hydrogen) atoms. The number of aldehydes is 1. The van der Waals surface area contributed by atoms with Gasteiger partial charge in [-0.3, -0.25) is 0 Å². The molecule has 0 saturated heterocycles.